The van der Waals surface area contributed by atoms with Crippen LogP contribution in [-0.4, -0.2) is 33.5 Å². The third-order valence-electron chi connectivity index (χ3n) is 5.15. The highest BCUT2D eigenvalue weighted by atomic mass is 32.2. The van der Waals surface area contributed by atoms with Crippen LogP contribution in [0.1, 0.15) is 46.1 Å². The lowest BCUT2D eigenvalue weighted by Crippen LogP contribution is -2.50. The number of nitrogens with zero attached hydrogens (tertiary/aromatic N) is 1. The Morgan fingerprint density at radius 1 is 1.17 bits per heavy atom. The van der Waals surface area contributed by atoms with Gasteiger partial charge in [0.15, 0.2) is 6.10 Å². The third-order valence-corrected chi connectivity index (χ3v) is 6.94. The van der Waals surface area contributed by atoms with Crippen LogP contribution < -0.4 is 14.4 Å². The maximum absolute atomic E-state index is 13.5. The van der Waals surface area contributed by atoms with Crippen molar-refractivity contribution in [3.8, 4) is 5.75 Å². The van der Waals surface area contributed by atoms with E-state index in [0.29, 0.717) is 18.0 Å². The highest BCUT2D eigenvalue weighted by Crippen LogP contribution is 2.40. The monoisotopic (exact) mass is 430 g/mol. The molecule has 1 heterocycles. The standard InChI is InChI=1S/C23H30N2O4S/c1-5-6-14-24-22(26)21-16-25(30(27,28)18-10-8-7-9-11-18)19-15-17(23(2,3)4)12-13-20(19)29-21/h7-13,15,21H,5-6,14,16H2,1-4H3,(H,24,26). The maximum Gasteiger partial charge on any atom is 0.264 e. The Morgan fingerprint density at radius 2 is 1.87 bits per heavy atom. The average Bonchev–Trinajstić information content (AvgIpc) is 2.72. The van der Waals surface area contributed by atoms with E-state index < -0.39 is 16.1 Å². The van der Waals surface area contributed by atoms with Gasteiger partial charge in [0.1, 0.15) is 5.75 Å². The molecule has 7 heteroatoms. The fourth-order valence-electron chi connectivity index (χ4n) is 3.30. The van der Waals surface area contributed by atoms with Crippen LogP contribution in [0.2, 0.25) is 0 Å². The minimum absolute atomic E-state index is 0.0736. The molecule has 0 fully saturated rings. The van der Waals surface area contributed by atoms with E-state index in [1.54, 1.807) is 36.4 Å². The summed E-state index contributed by atoms with van der Waals surface area (Å²) in [6.07, 6.45) is 0.905. The Morgan fingerprint density at radius 3 is 2.50 bits per heavy atom. The lowest BCUT2D eigenvalue weighted by molar-refractivity contribution is -0.127. The van der Waals surface area contributed by atoms with Crippen molar-refractivity contribution >= 4 is 21.6 Å². The number of anilines is 1. The predicted octanol–water partition coefficient (Wildman–Crippen LogP) is 3.86. The lowest BCUT2D eigenvalue weighted by atomic mass is 9.86. The zero-order chi connectivity index (χ0) is 21.9. The van der Waals surface area contributed by atoms with Crippen LogP contribution in [0.3, 0.4) is 0 Å². The minimum atomic E-state index is -3.86. The van der Waals surface area contributed by atoms with Gasteiger partial charge in [-0.25, -0.2) is 8.42 Å². The number of benzene rings is 2. The first-order valence-electron chi connectivity index (χ1n) is 10.3. The molecule has 3 rings (SSSR count). The molecule has 0 saturated heterocycles. The number of hydrogen-bond donors (Lipinski definition) is 1. The van der Waals surface area contributed by atoms with Crippen LogP contribution in [0.25, 0.3) is 0 Å². The molecule has 0 radical (unpaired) electrons. The summed E-state index contributed by atoms with van der Waals surface area (Å²) < 4.78 is 34.2. The number of sulfonamides is 1. The van der Waals surface area contributed by atoms with E-state index in [1.165, 1.54) is 4.31 Å². The van der Waals surface area contributed by atoms with E-state index >= 15 is 0 Å². The molecule has 6 nitrogen and oxygen atoms in total. The molecule has 1 unspecified atom stereocenters. The van der Waals surface area contributed by atoms with Crippen LogP contribution in [-0.2, 0) is 20.2 Å². The molecule has 1 aliphatic rings. The van der Waals surface area contributed by atoms with Gasteiger partial charge in [-0.1, -0.05) is 58.4 Å². The number of unbranched alkanes of at least 4 members (excludes halogenated alkanes) is 1. The van der Waals surface area contributed by atoms with Crippen molar-refractivity contribution < 1.29 is 17.9 Å². The molecule has 1 amide bonds. The Labute approximate surface area is 179 Å². The summed E-state index contributed by atoms with van der Waals surface area (Å²) in [4.78, 5) is 12.8. The van der Waals surface area contributed by atoms with Crippen LogP contribution >= 0.6 is 0 Å². The fourth-order valence-corrected chi connectivity index (χ4v) is 4.79. The number of nitrogens with one attached hydrogen (secondary N) is 1. The number of amides is 1. The van der Waals surface area contributed by atoms with E-state index in [9.17, 15) is 13.2 Å². The summed E-state index contributed by atoms with van der Waals surface area (Å²) in [5.41, 5.74) is 1.29. The van der Waals surface area contributed by atoms with Gasteiger partial charge in [0.25, 0.3) is 15.9 Å². The van der Waals surface area contributed by atoms with Crippen LogP contribution in [0, 0.1) is 0 Å². The molecule has 0 bridgehead atoms. The maximum atomic E-state index is 13.5. The smallest absolute Gasteiger partial charge is 0.264 e. The van der Waals surface area contributed by atoms with Crippen molar-refractivity contribution in [1.82, 2.24) is 5.32 Å². The first-order valence-corrected chi connectivity index (χ1v) is 11.8. The molecule has 0 spiro atoms. The molecule has 0 aromatic heterocycles. The molecular formula is C23H30N2O4S. The summed E-state index contributed by atoms with van der Waals surface area (Å²) in [6, 6.07) is 13.8. The molecule has 162 valence electrons. The molecule has 0 saturated carbocycles. The van der Waals surface area contributed by atoms with Crippen molar-refractivity contribution in [3.05, 3.63) is 54.1 Å². The molecule has 2 aromatic carbocycles. The summed E-state index contributed by atoms with van der Waals surface area (Å²) >= 11 is 0. The largest absolute Gasteiger partial charge is 0.476 e. The number of carbonyl (C=O) groups excluding carboxylic acids is 1. The Balaban J connectivity index is 2.03. The van der Waals surface area contributed by atoms with E-state index in [4.69, 9.17) is 4.74 Å². The molecule has 2 aromatic rings. The van der Waals surface area contributed by atoms with Gasteiger partial charge >= 0.3 is 0 Å². The third kappa shape index (κ3) is 4.61. The zero-order valence-electron chi connectivity index (χ0n) is 18.0. The number of carbonyl (C=O) groups is 1. The van der Waals surface area contributed by atoms with E-state index in [1.807, 2.05) is 19.1 Å². The van der Waals surface area contributed by atoms with Gasteiger partial charge in [-0.05, 0) is 41.7 Å². The van der Waals surface area contributed by atoms with Gasteiger partial charge < -0.3 is 10.1 Å². The lowest BCUT2D eigenvalue weighted by Gasteiger charge is -2.36. The van der Waals surface area contributed by atoms with Crippen LogP contribution in [0.4, 0.5) is 5.69 Å². The first kappa shape index (κ1) is 22.2. The molecule has 1 aliphatic heterocycles. The zero-order valence-corrected chi connectivity index (χ0v) is 18.8. The number of rotatable bonds is 6. The van der Waals surface area contributed by atoms with Crippen molar-refractivity contribution in [2.45, 2.75) is 57.0 Å². The summed E-state index contributed by atoms with van der Waals surface area (Å²) in [6.45, 7) is 8.71. The molecule has 1 N–H and O–H groups in total. The fraction of sp³-hybridized carbons (Fsp3) is 0.435. The number of fused-ring (bicyclic) bond motifs is 1. The number of hydrogen-bond acceptors (Lipinski definition) is 4. The number of ether oxygens (including phenoxy) is 1. The van der Waals surface area contributed by atoms with Crippen molar-refractivity contribution in [3.63, 3.8) is 0 Å². The first-order chi connectivity index (χ1) is 14.1. The second-order valence-electron chi connectivity index (χ2n) is 8.53. The normalized spacial score (nSPS) is 16.5. The summed E-state index contributed by atoms with van der Waals surface area (Å²) in [7, 11) is -3.86. The summed E-state index contributed by atoms with van der Waals surface area (Å²) in [5.74, 6) is 0.0895. The highest BCUT2D eigenvalue weighted by molar-refractivity contribution is 7.92. The van der Waals surface area contributed by atoms with Crippen molar-refractivity contribution in [1.29, 1.82) is 0 Å². The topological polar surface area (TPSA) is 75.7 Å². The molecular weight excluding hydrogens is 400 g/mol. The van der Waals surface area contributed by atoms with Gasteiger partial charge in [-0.2, -0.15) is 0 Å². The van der Waals surface area contributed by atoms with Crippen molar-refractivity contribution in [2.24, 2.45) is 0 Å². The Kier molecular flexibility index (Phi) is 6.41. The van der Waals surface area contributed by atoms with Crippen LogP contribution in [0.5, 0.6) is 5.75 Å². The van der Waals surface area contributed by atoms with Crippen molar-refractivity contribution in [2.75, 3.05) is 17.4 Å². The Hall–Kier alpha value is -2.54. The molecule has 1 atom stereocenters. The van der Waals surface area contributed by atoms with E-state index in [2.05, 4.69) is 26.1 Å². The van der Waals surface area contributed by atoms with Gasteiger partial charge in [0, 0.05) is 6.54 Å². The average molecular weight is 431 g/mol. The second-order valence-corrected chi connectivity index (χ2v) is 10.4. The van der Waals surface area contributed by atoms with Gasteiger partial charge in [0.05, 0.1) is 17.1 Å². The van der Waals surface area contributed by atoms with E-state index in [-0.39, 0.29) is 22.8 Å². The molecule has 0 aliphatic carbocycles. The van der Waals surface area contributed by atoms with Gasteiger partial charge in [0.2, 0.25) is 0 Å². The van der Waals surface area contributed by atoms with Gasteiger partial charge in [-0.15, -0.1) is 0 Å². The second kappa shape index (κ2) is 8.68. The highest BCUT2D eigenvalue weighted by Gasteiger charge is 2.38. The van der Waals surface area contributed by atoms with Crippen LogP contribution in [0.15, 0.2) is 53.4 Å². The summed E-state index contributed by atoms with van der Waals surface area (Å²) in [5, 5.41) is 2.85. The molecule has 30 heavy (non-hydrogen) atoms. The van der Waals surface area contributed by atoms with Gasteiger partial charge in [-0.3, -0.25) is 9.10 Å². The Bertz CT molecular complexity index is 998. The quantitative estimate of drug-likeness (QED) is 0.706. The van der Waals surface area contributed by atoms with E-state index in [0.717, 1.165) is 18.4 Å². The minimum Gasteiger partial charge on any atom is -0.476 e. The predicted molar refractivity (Wildman–Crippen MR) is 118 cm³/mol. The SMILES string of the molecule is CCCCNC(=O)C1CN(S(=O)(=O)c2ccccc2)c2cc(C(C)(C)C)ccc2O1.